The van der Waals surface area contributed by atoms with Crippen LogP contribution < -0.4 is 4.90 Å². The first kappa shape index (κ1) is 12.0. The third-order valence-corrected chi connectivity index (χ3v) is 3.51. The van der Waals surface area contributed by atoms with Gasteiger partial charge in [-0.05, 0) is 30.9 Å². The van der Waals surface area contributed by atoms with Crippen molar-refractivity contribution in [2.45, 2.75) is 32.7 Å². The van der Waals surface area contributed by atoms with Crippen molar-refractivity contribution in [2.24, 2.45) is 5.92 Å². The molecule has 1 aliphatic heterocycles. The van der Waals surface area contributed by atoms with E-state index in [0.717, 1.165) is 25.1 Å². The van der Waals surface area contributed by atoms with Gasteiger partial charge in [-0.3, -0.25) is 0 Å². The third kappa shape index (κ3) is 2.28. The molecule has 1 aliphatic rings. The van der Waals surface area contributed by atoms with E-state index in [9.17, 15) is 9.90 Å². The van der Waals surface area contributed by atoms with E-state index < -0.39 is 5.97 Å². The van der Waals surface area contributed by atoms with Crippen molar-refractivity contribution in [3.8, 4) is 0 Å². The van der Waals surface area contributed by atoms with Gasteiger partial charge in [0.2, 0.25) is 0 Å². The summed E-state index contributed by atoms with van der Waals surface area (Å²) in [5.74, 6) is -0.283. The number of hydrogen-bond donors (Lipinski definition) is 1. The van der Waals surface area contributed by atoms with Crippen LogP contribution in [0.2, 0.25) is 0 Å². The maximum absolute atomic E-state index is 11.2. The van der Waals surface area contributed by atoms with Crippen LogP contribution in [0.15, 0.2) is 24.3 Å². The number of para-hydroxylation sites is 1. The van der Waals surface area contributed by atoms with Gasteiger partial charge in [-0.1, -0.05) is 26.0 Å². The number of rotatable bonds is 3. The summed E-state index contributed by atoms with van der Waals surface area (Å²) < 4.78 is 0. The molecule has 1 N–H and O–H groups in total. The van der Waals surface area contributed by atoms with E-state index in [2.05, 4.69) is 18.7 Å². The van der Waals surface area contributed by atoms with E-state index >= 15 is 0 Å². The van der Waals surface area contributed by atoms with E-state index in [4.69, 9.17) is 0 Å². The van der Waals surface area contributed by atoms with Gasteiger partial charge in [0, 0.05) is 12.6 Å². The molecule has 1 aromatic carbocycles. The topological polar surface area (TPSA) is 40.5 Å². The largest absolute Gasteiger partial charge is 0.478 e. The van der Waals surface area contributed by atoms with Crippen molar-refractivity contribution in [2.75, 3.05) is 11.4 Å². The molecule has 3 nitrogen and oxygen atoms in total. The van der Waals surface area contributed by atoms with Gasteiger partial charge in [0.15, 0.2) is 0 Å². The monoisotopic (exact) mass is 233 g/mol. The number of anilines is 1. The van der Waals surface area contributed by atoms with E-state index in [-0.39, 0.29) is 0 Å². The fourth-order valence-corrected chi connectivity index (χ4v) is 2.69. The Labute approximate surface area is 102 Å². The number of carboxylic acid groups (broad SMARTS) is 1. The van der Waals surface area contributed by atoms with E-state index in [1.165, 1.54) is 0 Å². The SMILES string of the molecule is CC(C)C1CCCN1c1ccccc1C(=O)O. The highest BCUT2D eigenvalue weighted by atomic mass is 16.4. The molecule has 0 aromatic heterocycles. The molecular weight excluding hydrogens is 214 g/mol. The molecule has 0 spiro atoms. The summed E-state index contributed by atoms with van der Waals surface area (Å²) in [6.45, 7) is 5.37. The lowest BCUT2D eigenvalue weighted by atomic mass is 10.0. The Morgan fingerprint density at radius 2 is 2.12 bits per heavy atom. The van der Waals surface area contributed by atoms with Crippen LogP contribution in [0.25, 0.3) is 0 Å². The smallest absolute Gasteiger partial charge is 0.337 e. The number of aromatic carboxylic acids is 1. The molecule has 92 valence electrons. The van der Waals surface area contributed by atoms with Crippen LogP contribution in [0.1, 0.15) is 37.0 Å². The molecule has 1 aromatic rings. The van der Waals surface area contributed by atoms with Gasteiger partial charge >= 0.3 is 5.97 Å². The summed E-state index contributed by atoms with van der Waals surface area (Å²) in [6.07, 6.45) is 2.31. The van der Waals surface area contributed by atoms with Crippen molar-refractivity contribution in [1.29, 1.82) is 0 Å². The van der Waals surface area contributed by atoms with Gasteiger partial charge in [0.1, 0.15) is 0 Å². The zero-order chi connectivity index (χ0) is 12.4. The van der Waals surface area contributed by atoms with E-state index in [0.29, 0.717) is 17.5 Å². The Balaban J connectivity index is 2.36. The van der Waals surface area contributed by atoms with Gasteiger partial charge in [-0.15, -0.1) is 0 Å². The number of hydrogen-bond acceptors (Lipinski definition) is 2. The van der Waals surface area contributed by atoms with Crippen LogP contribution in [0, 0.1) is 5.92 Å². The minimum Gasteiger partial charge on any atom is -0.478 e. The van der Waals surface area contributed by atoms with Gasteiger partial charge in [0.05, 0.1) is 11.3 Å². The molecule has 1 saturated heterocycles. The fourth-order valence-electron chi connectivity index (χ4n) is 2.69. The lowest BCUT2D eigenvalue weighted by Gasteiger charge is -2.30. The third-order valence-electron chi connectivity index (χ3n) is 3.51. The normalized spacial score (nSPS) is 19.9. The Kier molecular flexibility index (Phi) is 3.36. The van der Waals surface area contributed by atoms with Crippen LogP contribution in [0.4, 0.5) is 5.69 Å². The maximum Gasteiger partial charge on any atom is 0.337 e. The Bertz CT molecular complexity index is 414. The summed E-state index contributed by atoms with van der Waals surface area (Å²) in [7, 11) is 0. The van der Waals surface area contributed by atoms with Gasteiger partial charge in [-0.25, -0.2) is 4.79 Å². The van der Waals surface area contributed by atoms with Crippen LogP contribution in [-0.2, 0) is 0 Å². The van der Waals surface area contributed by atoms with Crippen molar-refractivity contribution in [3.05, 3.63) is 29.8 Å². The molecule has 1 atom stereocenters. The summed E-state index contributed by atoms with van der Waals surface area (Å²) >= 11 is 0. The molecule has 0 amide bonds. The first-order chi connectivity index (χ1) is 8.11. The second-order valence-corrected chi connectivity index (χ2v) is 4.97. The molecule has 0 saturated carbocycles. The van der Waals surface area contributed by atoms with Gasteiger partial charge in [0.25, 0.3) is 0 Å². The van der Waals surface area contributed by atoms with Crippen LogP contribution >= 0.6 is 0 Å². The molecule has 2 rings (SSSR count). The van der Waals surface area contributed by atoms with Gasteiger partial charge in [-0.2, -0.15) is 0 Å². The van der Waals surface area contributed by atoms with E-state index in [1.54, 1.807) is 12.1 Å². The van der Waals surface area contributed by atoms with Crippen molar-refractivity contribution >= 4 is 11.7 Å². The van der Waals surface area contributed by atoms with Crippen molar-refractivity contribution in [1.82, 2.24) is 0 Å². The molecule has 17 heavy (non-hydrogen) atoms. The minimum absolute atomic E-state index is 0.417. The Hall–Kier alpha value is -1.51. The highest BCUT2D eigenvalue weighted by Gasteiger charge is 2.29. The fraction of sp³-hybridized carbons (Fsp3) is 0.500. The first-order valence-corrected chi connectivity index (χ1v) is 6.20. The number of benzene rings is 1. The molecule has 1 fully saturated rings. The molecule has 0 bridgehead atoms. The Morgan fingerprint density at radius 1 is 1.41 bits per heavy atom. The quantitative estimate of drug-likeness (QED) is 0.872. The maximum atomic E-state index is 11.2. The lowest BCUT2D eigenvalue weighted by molar-refractivity contribution is 0.0697. The average molecular weight is 233 g/mol. The molecule has 1 unspecified atom stereocenters. The van der Waals surface area contributed by atoms with Crippen molar-refractivity contribution in [3.63, 3.8) is 0 Å². The molecule has 3 heteroatoms. The highest BCUT2D eigenvalue weighted by Crippen LogP contribution is 2.31. The van der Waals surface area contributed by atoms with Crippen LogP contribution in [-0.4, -0.2) is 23.7 Å². The highest BCUT2D eigenvalue weighted by molar-refractivity contribution is 5.94. The zero-order valence-corrected chi connectivity index (χ0v) is 10.4. The second kappa shape index (κ2) is 4.78. The summed E-state index contributed by atoms with van der Waals surface area (Å²) in [6, 6.07) is 7.78. The Morgan fingerprint density at radius 3 is 2.76 bits per heavy atom. The number of nitrogens with zero attached hydrogens (tertiary/aromatic N) is 1. The molecule has 0 radical (unpaired) electrons. The zero-order valence-electron chi connectivity index (χ0n) is 10.4. The average Bonchev–Trinajstić information content (AvgIpc) is 2.77. The predicted octanol–water partition coefficient (Wildman–Crippen LogP) is 3.01. The molecule has 0 aliphatic carbocycles. The van der Waals surface area contributed by atoms with Crippen molar-refractivity contribution < 1.29 is 9.90 Å². The predicted molar refractivity (Wildman–Crippen MR) is 68.6 cm³/mol. The molecular formula is C14H19NO2. The van der Waals surface area contributed by atoms with Crippen LogP contribution in [0.5, 0.6) is 0 Å². The second-order valence-electron chi connectivity index (χ2n) is 4.97. The summed E-state index contributed by atoms with van der Waals surface area (Å²) in [4.78, 5) is 13.5. The minimum atomic E-state index is -0.838. The first-order valence-electron chi connectivity index (χ1n) is 6.20. The standard InChI is InChI=1S/C14H19NO2/c1-10(2)12-8-5-9-15(12)13-7-4-3-6-11(13)14(16)17/h3-4,6-7,10,12H,5,8-9H2,1-2H3,(H,16,17). The number of carbonyl (C=O) groups is 1. The van der Waals surface area contributed by atoms with E-state index in [1.807, 2.05) is 12.1 Å². The summed E-state index contributed by atoms with van der Waals surface area (Å²) in [5, 5.41) is 9.22. The lowest BCUT2D eigenvalue weighted by Crippen LogP contribution is -2.34. The van der Waals surface area contributed by atoms with Gasteiger partial charge < -0.3 is 10.0 Å². The molecule has 1 heterocycles. The number of carboxylic acids is 1. The summed E-state index contributed by atoms with van der Waals surface area (Å²) in [5.41, 5.74) is 1.29. The van der Waals surface area contributed by atoms with Crippen LogP contribution in [0.3, 0.4) is 0 Å².